The summed E-state index contributed by atoms with van der Waals surface area (Å²) < 4.78 is 0. The van der Waals surface area contributed by atoms with Crippen LogP contribution in [0.15, 0.2) is 0 Å². The summed E-state index contributed by atoms with van der Waals surface area (Å²) >= 11 is 0. The van der Waals surface area contributed by atoms with Crippen LogP contribution in [0.4, 0.5) is 0 Å². The first-order valence-corrected chi connectivity index (χ1v) is 11.3. The van der Waals surface area contributed by atoms with Gasteiger partial charge in [-0.2, -0.15) is 0 Å². The van der Waals surface area contributed by atoms with E-state index in [4.69, 9.17) is 0 Å². The molecule has 0 N–H and O–H groups in total. The Morgan fingerprint density at radius 3 is 0.765 bits per heavy atom. The second-order valence-electron chi connectivity index (χ2n) is 4.78. The number of hydrogen-bond acceptors (Lipinski definition) is 0. The predicted octanol–water partition coefficient (Wildman–Crippen LogP) is 5.09. The van der Waals surface area contributed by atoms with Crippen LogP contribution in [-0.2, 0) is 16.5 Å². The summed E-state index contributed by atoms with van der Waals surface area (Å²) in [7, 11) is 0.759. The van der Waals surface area contributed by atoms with Gasteiger partial charge in [0, 0.05) is 16.5 Å². The SMILES string of the molecule is CP(C)C.CP(C)C.[CH]1[CH]CC[CH][CH]CC1.[Ni]. The molecule has 0 amide bonds. The van der Waals surface area contributed by atoms with Crippen LogP contribution in [-0.4, -0.2) is 40.0 Å². The van der Waals surface area contributed by atoms with Gasteiger partial charge >= 0.3 is 0 Å². The minimum absolute atomic E-state index is 0. The standard InChI is InChI=1S/C8H12.2C3H9P.Ni/c1-2-4-6-8-7-5-3-1;2*1-4(2)3;/h1-2,7-8H,3-6H2;2*1-3H3;. The average Bonchev–Trinajstić information content (AvgIpc) is 1.98. The predicted molar refractivity (Wildman–Crippen MR) is 85.1 cm³/mol. The number of hydrogen-bond donors (Lipinski definition) is 0. The van der Waals surface area contributed by atoms with Crippen molar-refractivity contribution in [1.82, 2.24) is 0 Å². The molecule has 1 aliphatic carbocycles. The molecule has 4 radical (unpaired) electrons. The maximum atomic E-state index is 2.27. The molecule has 0 saturated heterocycles. The zero-order chi connectivity index (χ0) is 12.8. The van der Waals surface area contributed by atoms with Crippen molar-refractivity contribution in [3.63, 3.8) is 0 Å². The third kappa shape index (κ3) is 46.8. The Labute approximate surface area is 124 Å². The Kier molecular flexibility index (Phi) is 27.2. The normalized spacial score (nSPS) is 15.5. The summed E-state index contributed by atoms with van der Waals surface area (Å²) in [6.07, 6.45) is 14.0. The first-order chi connectivity index (χ1) is 7.46. The molecule has 0 spiro atoms. The van der Waals surface area contributed by atoms with Crippen LogP contribution in [0.1, 0.15) is 25.7 Å². The molecular weight excluding hydrogens is 289 g/mol. The van der Waals surface area contributed by atoms with Gasteiger partial charge in [0.2, 0.25) is 0 Å². The van der Waals surface area contributed by atoms with Gasteiger partial charge in [0.05, 0.1) is 0 Å². The van der Waals surface area contributed by atoms with E-state index < -0.39 is 0 Å². The molecule has 0 aromatic rings. The minimum Gasteiger partial charge on any atom is -0.116 e. The molecule has 1 rings (SSSR count). The molecule has 0 heterocycles. The van der Waals surface area contributed by atoms with Gasteiger partial charge in [-0.1, -0.05) is 0 Å². The third-order valence-electron chi connectivity index (χ3n) is 1.33. The van der Waals surface area contributed by atoms with Gasteiger partial charge in [-0.25, -0.2) is 0 Å². The van der Waals surface area contributed by atoms with Gasteiger partial charge in [-0.15, -0.1) is 15.8 Å². The van der Waals surface area contributed by atoms with Gasteiger partial charge in [-0.3, -0.25) is 0 Å². The van der Waals surface area contributed by atoms with E-state index in [1.807, 2.05) is 0 Å². The first kappa shape index (κ1) is 23.4. The van der Waals surface area contributed by atoms with Gasteiger partial charge in [0.15, 0.2) is 0 Å². The molecule has 0 aromatic carbocycles. The van der Waals surface area contributed by atoms with Crippen molar-refractivity contribution in [3.8, 4) is 0 Å². The fourth-order valence-electron chi connectivity index (χ4n) is 0.856. The summed E-state index contributed by atoms with van der Waals surface area (Å²) in [5, 5.41) is 0. The Hall–Kier alpha value is 1.35. The molecular formula is C14H30NiP2. The molecule has 1 saturated carbocycles. The topological polar surface area (TPSA) is 0 Å². The Morgan fingerprint density at radius 2 is 0.647 bits per heavy atom. The van der Waals surface area contributed by atoms with Crippen LogP contribution < -0.4 is 0 Å². The minimum atomic E-state index is 0. The first-order valence-electron chi connectivity index (χ1n) is 5.98. The quantitative estimate of drug-likeness (QED) is 0.431. The van der Waals surface area contributed by atoms with Gasteiger partial charge in [-0.05, 0) is 91.4 Å². The van der Waals surface area contributed by atoms with Crippen LogP contribution >= 0.6 is 15.8 Å². The van der Waals surface area contributed by atoms with Crippen LogP contribution in [0.5, 0.6) is 0 Å². The monoisotopic (exact) mass is 318 g/mol. The van der Waals surface area contributed by atoms with E-state index in [0.717, 1.165) is 0 Å². The fraction of sp³-hybridized carbons (Fsp3) is 0.714. The maximum Gasteiger partial charge on any atom is 0 e. The summed E-state index contributed by atoms with van der Waals surface area (Å²) in [5.74, 6) is 0. The Morgan fingerprint density at radius 1 is 0.529 bits per heavy atom. The second kappa shape index (κ2) is 19.7. The summed E-state index contributed by atoms with van der Waals surface area (Å²) in [6.45, 7) is 13.4. The molecule has 0 atom stereocenters. The van der Waals surface area contributed by atoms with Crippen LogP contribution in [0, 0.1) is 25.7 Å². The Bertz CT molecular complexity index is 81.3. The summed E-state index contributed by atoms with van der Waals surface area (Å²) in [5.41, 5.74) is 0. The van der Waals surface area contributed by atoms with E-state index in [1.165, 1.54) is 25.7 Å². The molecule has 0 aliphatic heterocycles. The molecule has 0 aromatic heterocycles. The second-order valence-corrected chi connectivity index (χ2v) is 10.1. The average molecular weight is 319 g/mol. The van der Waals surface area contributed by atoms with Crippen LogP contribution in [0.25, 0.3) is 0 Å². The maximum absolute atomic E-state index is 2.27. The van der Waals surface area contributed by atoms with Crippen molar-refractivity contribution in [2.45, 2.75) is 25.7 Å². The molecule has 1 fully saturated rings. The van der Waals surface area contributed by atoms with Crippen molar-refractivity contribution >= 4 is 15.8 Å². The van der Waals surface area contributed by atoms with E-state index in [1.54, 1.807) is 0 Å². The fourth-order valence-corrected chi connectivity index (χ4v) is 0.856. The van der Waals surface area contributed by atoms with Crippen LogP contribution in [0.3, 0.4) is 0 Å². The van der Waals surface area contributed by atoms with Crippen molar-refractivity contribution in [3.05, 3.63) is 25.7 Å². The molecule has 1 aliphatic rings. The van der Waals surface area contributed by atoms with E-state index in [9.17, 15) is 0 Å². The van der Waals surface area contributed by atoms with Gasteiger partial charge < -0.3 is 0 Å². The molecule has 0 unspecified atom stereocenters. The zero-order valence-electron chi connectivity index (χ0n) is 12.3. The van der Waals surface area contributed by atoms with Crippen molar-refractivity contribution in [2.24, 2.45) is 0 Å². The molecule has 106 valence electrons. The largest absolute Gasteiger partial charge is 0.116 e. The van der Waals surface area contributed by atoms with Gasteiger partial charge in [0.25, 0.3) is 0 Å². The van der Waals surface area contributed by atoms with Crippen molar-refractivity contribution < 1.29 is 16.5 Å². The smallest absolute Gasteiger partial charge is 0 e. The van der Waals surface area contributed by atoms with E-state index >= 15 is 0 Å². The third-order valence-corrected chi connectivity index (χ3v) is 1.33. The van der Waals surface area contributed by atoms with Crippen molar-refractivity contribution in [1.29, 1.82) is 0 Å². The summed E-state index contributed by atoms with van der Waals surface area (Å²) in [6, 6.07) is 0. The molecule has 17 heavy (non-hydrogen) atoms. The van der Waals surface area contributed by atoms with Crippen molar-refractivity contribution in [2.75, 3.05) is 40.0 Å². The zero-order valence-corrected chi connectivity index (χ0v) is 15.1. The summed E-state index contributed by atoms with van der Waals surface area (Å²) in [4.78, 5) is 0. The molecule has 3 heteroatoms. The van der Waals surface area contributed by atoms with E-state index in [-0.39, 0.29) is 16.5 Å². The van der Waals surface area contributed by atoms with E-state index in [0.29, 0.717) is 15.8 Å². The van der Waals surface area contributed by atoms with Crippen LogP contribution in [0.2, 0.25) is 0 Å². The molecule has 0 bridgehead atoms. The Balaban J connectivity index is -0.000000189. The van der Waals surface area contributed by atoms with Gasteiger partial charge in [0.1, 0.15) is 0 Å². The number of rotatable bonds is 0. The van der Waals surface area contributed by atoms with E-state index in [2.05, 4.69) is 65.7 Å². The molecule has 0 nitrogen and oxygen atoms in total.